The lowest BCUT2D eigenvalue weighted by Gasteiger charge is -2.19. The summed E-state index contributed by atoms with van der Waals surface area (Å²) in [5.41, 5.74) is 2.58. The summed E-state index contributed by atoms with van der Waals surface area (Å²) in [5, 5.41) is 6.20. The first-order valence-corrected chi connectivity index (χ1v) is 7.10. The van der Waals surface area contributed by atoms with Crippen LogP contribution in [0.15, 0.2) is 65.5 Å². The number of likely N-dealkylation sites (N-methyl/N-ethyl adjacent to an activating group) is 1. The minimum Gasteiger partial charge on any atom is -0.472 e. The fourth-order valence-corrected chi connectivity index (χ4v) is 2.74. The summed E-state index contributed by atoms with van der Waals surface area (Å²) in [6, 6.07) is 17.4. The molecule has 2 nitrogen and oxygen atoms in total. The monoisotopic (exact) mass is 265 g/mol. The van der Waals surface area contributed by atoms with Crippen LogP contribution >= 0.6 is 0 Å². The summed E-state index contributed by atoms with van der Waals surface area (Å²) in [6.45, 7) is 3.10. The number of furan rings is 1. The zero-order valence-corrected chi connectivity index (χ0v) is 11.7. The third-order valence-corrected chi connectivity index (χ3v) is 3.67. The number of hydrogen-bond donors (Lipinski definition) is 1. The Morgan fingerprint density at radius 2 is 1.90 bits per heavy atom. The van der Waals surface area contributed by atoms with E-state index in [1.165, 1.54) is 21.9 Å². The Morgan fingerprint density at radius 1 is 1.05 bits per heavy atom. The van der Waals surface area contributed by atoms with Gasteiger partial charge in [-0.15, -0.1) is 0 Å². The highest BCUT2D eigenvalue weighted by Gasteiger charge is 2.14. The van der Waals surface area contributed by atoms with Crippen molar-refractivity contribution in [2.75, 3.05) is 6.54 Å². The lowest BCUT2D eigenvalue weighted by molar-refractivity contribution is 0.537. The standard InChI is InChI=1S/C18H19NO/c1-2-19-18(12-14-10-11-20-13-14)17-9-5-7-15-6-3-4-8-16(15)17/h3-11,13,18-19H,2,12H2,1H3. The maximum atomic E-state index is 5.19. The molecule has 1 N–H and O–H groups in total. The summed E-state index contributed by atoms with van der Waals surface area (Å²) in [4.78, 5) is 0. The van der Waals surface area contributed by atoms with Gasteiger partial charge in [-0.1, -0.05) is 49.4 Å². The molecule has 102 valence electrons. The summed E-state index contributed by atoms with van der Waals surface area (Å²) < 4.78 is 5.19. The second-order valence-electron chi connectivity index (χ2n) is 5.01. The van der Waals surface area contributed by atoms with Crippen LogP contribution in [0.25, 0.3) is 10.8 Å². The lowest BCUT2D eigenvalue weighted by atomic mass is 9.95. The highest BCUT2D eigenvalue weighted by molar-refractivity contribution is 5.86. The predicted molar refractivity (Wildman–Crippen MR) is 82.8 cm³/mol. The summed E-state index contributed by atoms with van der Waals surface area (Å²) in [5.74, 6) is 0. The van der Waals surface area contributed by atoms with Crippen LogP contribution in [-0.2, 0) is 6.42 Å². The van der Waals surface area contributed by atoms with E-state index in [1.54, 1.807) is 6.26 Å². The van der Waals surface area contributed by atoms with E-state index in [0.29, 0.717) is 6.04 Å². The number of hydrogen-bond acceptors (Lipinski definition) is 2. The first kappa shape index (κ1) is 12.9. The van der Waals surface area contributed by atoms with Crippen LogP contribution in [0.5, 0.6) is 0 Å². The molecule has 2 heteroatoms. The smallest absolute Gasteiger partial charge is 0.0935 e. The van der Waals surface area contributed by atoms with Crippen molar-refractivity contribution in [1.29, 1.82) is 0 Å². The molecular formula is C18H19NO. The fourth-order valence-electron chi connectivity index (χ4n) is 2.74. The highest BCUT2D eigenvalue weighted by Crippen LogP contribution is 2.26. The van der Waals surface area contributed by atoms with Crippen LogP contribution in [0.2, 0.25) is 0 Å². The quantitative estimate of drug-likeness (QED) is 0.743. The molecule has 20 heavy (non-hydrogen) atoms. The van der Waals surface area contributed by atoms with Gasteiger partial charge < -0.3 is 9.73 Å². The third kappa shape index (κ3) is 2.61. The molecule has 0 aliphatic rings. The average Bonchev–Trinajstić information content (AvgIpc) is 2.99. The molecule has 1 heterocycles. The summed E-state index contributed by atoms with van der Waals surface area (Å²) in [7, 11) is 0. The van der Waals surface area contributed by atoms with Crippen molar-refractivity contribution in [3.05, 3.63) is 72.2 Å². The Balaban J connectivity index is 2.00. The van der Waals surface area contributed by atoms with Gasteiger partial charge in [0.15, 0.2) is 0 Å². The van der Waals surface area contributed by atoms with Crippen molar-refractivity contribution in [3.8, 4) is 0 Å². The van der Waals surface area contributed by atoms with E-state index in [9.17, 15) is 0 Å². The number of nitrogens with one attached hydrogen (secondary N) is 1. The van der Waals surface area contributed by atoms with Gasteiger partial charge in [0, 0.05) is 6.04 Å². The highest BCUT2D eigenvalue weighted by atomic mass is 16.3. The van der Waals surface area contributed by atoms with Gasteiger partial charge in [0.2, 0.25) is 0 Å². The zero-order valence-electron chi connectivity index (χ0n) is 11.7. The van der Waals surface area contributed by atoms with Crippen molar-refractivity contribution in [1.82, 2.24) is 5.32 Å². The van der Waals surface area contributed by atoms with Gasteiger partial charge in [-0.3, -0.25) is 0 Å². The molecule has 1 atom stereocenters. The summed E-state index contributed by atoms with van der Waals surface area (Å²) in [6.07, 6.45) is 4.51. The second-order valence-corrected chi connectivity index (χ2v) is 5.01. The van der Waals surface area contributed by atoms with E-state index < -0.39 is 0 Å². The van der Waals surface area contributed by atoms with Crippen LogP contribution in [-0.4, -0.2) is 6.54 Å². The molecular weight excluding hydrogens is 246 g/mol. The molecule has 2 aromatic carbocycles. The van der Waals surface area contributed by atoms with Crippen molar-refractivity contribution < 1.29 is 4.42 Å². The largest absolute Gasteiger partial charge is 0.472 e. The van der Waals surface area contributed by atoms with E-state index >= 15 is 0 Å². The third-order valence-electron chi connectivity index (χ3n) is 3.67. The van der Waals surface area contributed by atoms with Crippen molar-refractivity contribution >= 4 is 10.8 Å². The Morgan fingerprint density at radius 3 is 2.70 bits per heavy atom. The van der Waals surface area contributed by atoms with Gasteiger partial charge in [-0.2, -0.15) is 0 Å². The lowest BCUT2D eigenvalue weighted by Crippen LogP contribution is -2.23. The molecule has 1 unspecified atom stereocenters. The molecule has 0 aliphatic carbocycles. The fraction of sp³-hybridized carbons (Fsp3) is 0.222. The van der Waals surface area contributed by atoms with Crippen LogP contribution in [0.3, 0.4) is 0 Å². The number of rotatable bonds is 5. The zero-order chi connectivity index (χ0) is 13.8. The van der Waals surface area contributed by atoms with Gasteiger partial charge in [-0.25, -0.2) is 0 Å². The van der Waals surface area contributed by atoms with Gasteiger partial charge in [0.05, 0.1) is 12.5 Å². The van der Waals surface area contributed by atoms with E-state index in [4.69, 9.17) is 4.42 Å². The van der Waals surface area contributed by atoms with E-state index in [1.807, 2.05) is 12.3 Å². The van der Waals surface area contributed by atoms with Crippen LogP contribution in [0, 0.1) is 0 Å². The Kier molecular flexibility index (Phi) is 3.84. The summed E-state index contributed by atoms with van der Waals surface area (Å²) >= 11 is 0. The van der Waals surface area contributed by atoms with Gasteiger partial charge >= 0.3 is 0 Å². The van der Waals surface area contributed by atoms with Gasteiger partial charge in [0.25, 0.3) is 0 Å². The normalized spacial score (nSPS) is 12.7. The molecule has 0 amide bonds. The van der Waals surface area contributed by atoms with Gasteiger partial charge in [-0.05, 0) is 40.9 Å². The maximum absolute atomic E-state index is 5.19. The Labute approximate surface area is 119 Å². The van der Waals surface area contributed by atoms with E-state index in [-0.39, 0.29) is 0 Å². The molecule has 3 rings (SSSR count). The molecule has 0 aliphatic heterocycles. The van der Waals surface area contributed by atoms with Crippen molar-refractivity contribution in [2.24, 2.45) is 0 Å². The minimum absolute atomic E-state index is 0.309. The first-order chi connectivity index (χ1) is 9.88. The Hall–Kier alpha value is -2.06. The molecule has 3 aromatic rings. The van der Waals surface area contributed by atoms with Crippen LogP contribution < -0.4 is 5.32 Å². The molecule has 0 bridgehead atoms. The van der Waals surface area contributed by atoms with Gasteiger partial charge in [0.1, 0.15) is 0 Å². The minimum atomic E-state index is 0.309. The molecule has 1 aromatic heterocycles. The Bertz CT molecular complexity index is 667. The number of fused-ring (bicyclic) bond motifs is 1. The first-order valence-electron chi connectivity index (χ1n) is 7.10. The van der Waals surface area contributed by atoms with Crippen molar-refractivity contribution in [2.45, 2.75) is 19.4 Å². The molecule has 0 radical (unpaired) electrons. The molecule has 0 fully saturated rings. The van der Waals surface area contributed by atoms with Crippen LogP contribution in [0.4, 0.5) is 0 Å². The average molecular weight is 265 g/mol. The van der Waals surface area contributed by atoms with E-state index in [2.05, 4.69) is 54.7 Å². The topological polar surface area (TPSA) is 25.2 Å². The van der Waals surface area contributed by atoms with E-state index in [0.717, 1.165) is 13.0 Å². The van der Waals surface area contributed by atoms with Crippen molar-refractivity contribution in [3.63, 3.8) is 0 Å². The second kappa shape index (κ2) is 5.93. The SMILES string of the molecule is CCNC(Cc1ccoc1)c1cccc2ccccc12. The van der Waals surface area contributed by atoms with Crippen LogP contribution in [0.1, 0.15) is 24.1 Å². The maximum Gasteiger partial charge on any atom is 0.0935 e. The number of benzene rings is 2. The predicted octanol–water partition coefficient (Wildman–Crippen LogP) is 4.33. The molecule has 0 saturated carbocycles. The molecule has 0 spiro atoms. The molecule has 0 saturated heterocycles.